The number of benzene rings is 2. The number of nitrogens with zero attached hydrogens (tertiary/aromatic N) is 2. The molecule has 0 radical (unpaired) electrons. The maximum atomic E-state index is 12.2. The number of esters is 1. The standard InChI is InChI=1S/C19H15ClN2O6/c20-14-3-1-12(2-4-14)17(23)11-28-19(25)13-9-18(24)21(10-13)15-5-7-16(8-6-15)22(26)27/h1-8,13H,9-11H2/t13-/m1/s1. The second kappa shape index (κ2) is 8.18. The van der Waals surface area contributed by atoms with E-state index in [2.05, 4.69) is 0 Å². The number of carbonyl (C=O) groups is 3. The van der Waals surface area contributed by atoms with Crippen molar-refractivity contribution in [1.82, 2.24) is 0 Å². The molecule has 1 atom stereocenters. The van der Waals surface area contributed by atoms with Crippen LogP contribution in [0.25, 0.3) is 0 Å². The number of amides is 1. The lowest BCUT2D eigenvalue weighted by atomic mass is 10.1. The molecule has 1 aliphatic rings. The highest BCUT2D eigenvalue weighted by molar-refractivity contribution is 6.30. The summed E-state index contributed by atoms with van der Waals surface area (Å²) >= 11 is 5.77. The van der Waals surface area contributed by atoms with Crippen molar-refractivity contribution in [3.05, 3.63) is 69.2 Å². The lowest BCUT2D eigenvalue weighted by Gasteiger charge is -2.16. The van der Waals surface area contributed by atoms with Crippen LogP contribution in [0.3, 0.4) is 0 Å². The quantitative estimate of drug-likeness (QED) is 0.318. The van der Waals surface area contributed by atoms with Crippen LogP contribution in [0, 0.1) is 16.0 Å². The van der Waals surface area contributed by atoms with E-state index < -0.39 is 23.4 Å². The third kappa shape index (κ3) is 4.34. The Kier molecular flexibility index (Phi) is 5.70. The summed E-state index contributed by atoms with van der Waals surface area (Å²) in [6.45, 7) is -0.340. The first-order valence-electron chi connectivity index (χ1n) is 8.35. The number of hydrogen-bond donors (Lipinski definition) is 0. The summed E-state index contributed by atoms with van der Waals surface area (Å²) in [5, 5.41) is 11.2. The number of ketones is 1. The first-order valence-corrected chi connectivity index (χ1v) is 8.73. The fourth-order valence-corrected chi connectivity index (χ4v) is 2.97. The molecule has 8 nitrogen and oxygen atoms in total. The molecule has 1 amide bonds. The number of nitro benzene ring substituents is 1. The molecule has 0 bridgehead atoms. The number of nitro groups is 1. The van der Waals surface area contributed by atoms with Crippen LogP contribution in [0.1, 0.15) is 16.8 Å². The van der Waals surface area contributed by atoms with Gasteiger partial charge in [0.1, 0.15) is 0 Å². The molecule has 2 aromatic rings. The van der Waals surface area contributed by atoms with Gasteiger partial charge in [0.05, 0.1) is 10.8 Å². The van der Waals surface area contributed by atoms with Crippen molar-refractivity contribution in [2.24, 2.45) is 5.92 Å². The molecular weight excluding hydrogens is 388 g/mol. The van der Waals surface area contributed by atoms with Crippen molar-refractivity contribution in [3.8, 4) is 0 Å². The van der Waals surface area contributed by atoms with Crippen LogP contribution < -0.4 is 4.90 Å². The summed E-state index contributed by atoms with van der Waals surface area (Å²) < 4.78 is 5.07. The van der Waals surface area contributed by atoms with Crippen molar-refractivity contribution in [1.29, 1.82) is 0 Å². The topological polar surface area (TPSA) is 107 Å². The first kappa shape index (κ1) is 19.5. The van der Waals surface area contributed by atoms with E-state index in [1.165, 1.54) is 41.3 Å². The Morgan fingerprint density at radius 1 is 1.14 bits per heavy atom. The maximum absolute atomic E-state index is 12.2. The number of rotatable bonds is 6. The molecule has 1 fully saturated rings. The minimum Gasteiger partial charge on any atom is -0.457 e. The van der Waals surface area contributed by atoms with Gasteiger partial charge in [0.15, 0.2) is 12.4 Å². The van der Waals surface area contributed by atoms with Gasteiger partial charge in [-0.25, -0.2) is 0 Å². The van der Waals surface area contributed by atoms with Gasteiger partial charge in [0, 0.05) is 41.4 Å². The highest BCUT2D eigenvalue weighted by Gasteiger charge is 2.36. The van der Waals surface area contributed by atoms with E-state index in [-0.39, 0.29) is 30.3 Å². The Bertz CT molecular complexity index is 926. The Labute approximate surface area is 164 Å². The minimum absolute atomic E-state index is 0.0506. The van der Waals surface area contributed by atoms with E-state index in [0.29, 0.717) is 16.3 Å². The SMILES string of the molecule is O=C(COC(=O)[C@@H]1CC(=O)N(c2ccc([N+](=O)[O-])cc2)C1)c1ccc(Cl)cc1. The normalized spacial score (nSPS) is 16.1. The summed E-state index contributed by atoms with van der Waals surface area (Å²) in [5.74, 6) is -2.01. The lowest BCUT2D eigenvalue weighted by Crippen LogP contribution is -2.27. The zero-order valence-electron chi connectivity index (χ0n) is 14.5. The van der Waals surface area contributed by atoms with Gasteiger partial charge in [-0.1, -0.05) is 11.6 Å². The predicted molar refractivity (Wildman–Crippen MR) is 100 cm³/mol. The van der Waals surface area contributed by atoms with E-state index >= 15 is 0 Å². The number of ether oxygens (including phenoxy) is 1. The molecular formula is C19H15ClN2O6. The Balaban J connectivity index is 1.58. The largest absolute Gasteiger partial charge is 0.457 e. The summed E-state index contributed by atoms with van der Waals surface area (Å²) in [5.41, 5.74) is 0.738. The molecule has 1 saturated heterocycles. The number of carbonyl (C=O) groups excluding carboxylic acids is 3. The van der Waals surface area contributed by atoms with Gasteiger partial charge in [-0.15, -0.1) is 0 Å². The van der Waals surface area contributed by atoms with E-state index in [9.17, 15) is 24.5 Å². The Hall–Kier alpha value is -3.26. The molecule has 3 rings (SSSR count). The van der Waals surface area contributed by atoms with Crippen LogP contribution in [0.5, 0.6) is 0 Å². The highest BCUT2D eigenvalue weighted by Crippen LogP contribution is 2.27. The molecule has 144 valence electrons. The van der Waals surface area contributed by atoms with Crippen LogP contribution in [0.15, 0.2) is 48.5 Å². The zero-order valence-corrected chi connectivity index (χ0v) is 15.3. The van der Waals surface area contributed by atoms with E-state index in [4.69, 9.17) is 16.3 Å². The molecule has 0 unspecified atom stereocenters. The summed E-state index contributed by atoms with van der Waals surface area (Å²) in [7, 11) is 0. The van der Waals surface area contributed by atoms with Crippen LogP contribution in [-0.4, -0.2) is 35.7 Å². The maximum Gasteiger partial charge on any atom is 0.311 e. The van der Waals surface area contributed by atoms with Crippen molar-refractivity contribution in [2.75, 3.05) is 18.1 Å². The van der Waals surface area contributed by atoms with Gasteiger partial charge in [0.25, 0.3) is 5.69 Å². The average Bonchev–Trinajstić information content (AvgIpc) is 3.08. The van der Waals surface area contributed by atoms with Gasteiger partial charge in [-0.3, -0.25) is 24.5 Å². The lowest BCUT2D eigenvalue weighted by molar-refractivity contribution is -0.384. The molecule has 0 spiro atoms. The highest BCUT2D eigenvalue weighted by atomic mass is 35.5. The van der Waals surface area contributed by atoms with E-state index in [0.717, 1.165) is 0 Å². The van der Waals surface area contributed by atoms with Crippen molar-refractivity contribution >= 4 is 40.6 Å². The molecule has 0 aromatic heterocycles. The van der Waals surface area contributed by atoms with Crippen molar-refractivity contribution in [2.45, 2.75) is 6.42 Å². The molecule has 2 aromatic carbocycles. The predicted octanol–water partition coefficient (Wildman–Crippen LogP) is 3.03. The van der Waals surface area contributed by atoms with Gasteiger partial charge < -0.3 is 9.64 Å². The number of non-ortho nitro benzene ring substituents is 1. The van der Waals surface area contributed by atoms with Crippen LogP contribution in [0.2, 0.25) is 5.02 Å². The van der Waals surface area contributed by atoms with Crippen LogP contribution in [-0.2, 0) is 14.3 Å². The molecule has 9 heteroatoms. The summed E-state index contributed by atoms with van der Waals surface area (Å²) in [4.78, 5) is 48.1. The summed E-state index contributed by atoms with van der Waals surface area (Å²) in [6.07, 6.45) is -0.0506. The minimum atomic E-state index is -0.708. The van der Waals surface area contributed by atoms with Gasteiger partial charge >= 0.3 is 5.97 Å². The van der Waals surface area contributed by atoms with Gasteiger partial charge in [-0.2, -0.15) is 0 Å². The molecule has 28 heavy (non-hydrogen) atoms. The smallest absolute Gasteiger partial charge is 0.311 e. The Morgan fingerprint density at radius 2 is 1.79 bits per heavy atom. The fourth-order valence-electron chi connectivity index (χ4n) is 2.84. The average molecular weight is 403 g/mol. The molecule has 0 saturated carbocycles. The van der Waals surface area contributed by atoms with Gasteiger partial charge in [-0.05, 0) is 36.4 Å². The zero-order chi connectivity index (χ0) is 20.3. The third-order valence-electron chi connectivity index (χ3n) is 4.34. The molecule has 0 aliphatic carbocycles. The first-order chi connectivity index (χ1) is 13.3. The van der Waals surface area contributed by atoms with Crippen molar-refractivity contribution in [3.63, 3.8) is 0 Å². The Morgan fingerprint density at radius 3 is 2.39 bits per heavy atom. The molecule has 1 aliphatic heterocycles. The van der Waals surface area contributed by atoms with Crippen molar-refractivity contribution < 1.29 is 24.0 Å². The monoisotopic (exact) mass is 402 g/mol. The van der Waals surface area contributed by atoms with Gasteiger partial charge in [0.2, 0.25) is 5.91 Å². The fraction of sp³-hybridized carbons (Fsp3) is 0.211. The van der Waals surface area contributed by atoms with E-state index in [1.807, 2.05) is 0 Å². The second-order valence-electron chi connectivity index (χ2n) is 6.22. The third-order valence-corrected chi connectivity index (χ3v) is 4.59. The number of anilines is 1. The number of Topliss-reactive ketones (excluding diaryl/α,β-unsaturated/α-hetero) is 1. The number of halogens is 1. The summed E-state index contributed by atoms with van der Waals surface area (Å²) in [6, 6.07) is 11.7. The van der Waals surface area contributed by atoms with E-state index in [1.54, 1.807) is 12.1 Å². The number of hydrogen-bond acceptors (Lipinski definition) is 6. The van der Waals surface area contributed by atoms with Crippen LogP contribution in [0.4, 0.5) is 11.4 Å². The van der Waals surface area contributed by atoms with Crippen LogP contribution >= 0.6 is 11.6 Å². The second-order valence-corrected chi connectivity index (χ2v) is 6.65. The molecule has 0 N–H and O–H groups in total. The molecule has 1 heterocycles.